The Labute approximate surface area is 150 Å². The molecule has 1 N–H and O–H groups in total. The van der Waals surface area contributed by atoms with E-state index < -0.39 is 0 Å². The summed E-state index contributed by atoms with van der Waals surface area (Å²) in [5.41, 5.74) is 5.32. The predicted octanol–water partition coefficient (Wildman–Crippen LogP) is 3.09. The van der Waals surface area contributed by atoms with E-state index in [4.69, 9.17) is 0 Å². The van der Waals surface area contributed by atoms with E-state index in [9.17, 15) is 0 Å². The SMILES string of the molecule is Cc1ccc([C@@H]2CN(Cc3nc[nH]c3C)[C@@H]3C4CCN(CC4)[C@@H]32)cc1. The fraction of sp³-hybridized carbons (Fsp3) is 0.571. The number of fused-ring (bicyclic) bond motifs is 2. The van der Waals surface area contributed by atoms with Crippen molar-refractivity contribution in [1.82, 2.24) is 19.8 Å². The number of aromatic nitrogens is 2. The molecule has 4 aliphatic rings. The van der Waals surface area contributed by atoms with Crippen molar-refractivity contribution in [3.8, 4) is 0 Å². The van der Waals surface area contributed by atoms with Crippen molar-refractivity contribution in [2.24, 2.45) is 5.92 Å². The molecule has 6 rings (SSSR count). The van der Waals surface area contributed by atoms with Gasteiger partial charge in [0.1, 0.15) is 0 Å². The van der Waals surface area contributed by atoms with Crippen LogP contribution in [-0.4, -0.2) is 51.5 Å². The maximum atomic E-state index is 4.58. The van der Waals surface area contributed by atoms with Crippen molar-refractivity contribution in [3.05, 3.63) is 53.1 Å². The largest absolute Gasteiger partial charge is 0.348 e. The molecular formula is C21H28N4. The first-order chi connectivity index (χ1) is 12.2. The van der Waals surface area contributed by atoms with Gasteiger partial charge >= 0.3 is 0 Å². The lowest BCUT2D eigenvalue weighted by atomic mass is 9.75. The lowest BCUT2D eigenvalue weighted by Crippen LogP contribution is -2.60. The molecule has 1 aromatic heterocycles. The second kappa shape index (κ2) is 5.96. The van der Waals surface area contributed by atoms with Crippen LogP contribution in [0, 0.1) is 19.8 Å². The summed E-state index contributed by atoms with van der Waals surface area (Å²) in [5, 5.41) is 0. The molecule has 4 heteroatoms. The minimum Gasteiger partial charge on any atom is -0.348 e. The fourth-order valence-electron chi connectivity index (χ4n) is 5.57. The molecular weight excluding hydrogens is 308 g/mol. The standard InChI is InChI=1S/C21H28N4/c1-14-3-5-16(6-4-14)18-11-25(12-19-15(2)22-13-23-19)20-17-7-9-24(10-8-17)21(18)20/h3-6,13,17-18,20-21H,7-12H2,1-2H3,(H,22,23)/t18-,20+,21+/m0/s1. The zero-order valence-electron chi connectivity index (χ0n) is 15.3. The first-order valence-electron chi connectivity index (χ1n) is 9.74. The smallest absolute Gasteiger partial charge is 0.0925 e. The molecule has 4 saturated heterocycles. The van der Waals surface area contributed by atoms with E-state index in [1.165, 1.54) is 48.4 Å². The van der Waals surface area contributed by atoms with Crippen LogP contribution < -0.4 is 0 Å². The number of aromatic amines is 1. The topological polar surface area (TPSA) is 35.2 Å². The average Bonchev–Trinajstić information content (AvgIpc) is 3.23. The normalized spacial score (nSPS) is 34.4. The quantitative estimate of drug-likeness (QED) is 0.935. The van der Waals surface area contributed by atoms with Crippen LogP contribution in [0.25, 0.3) is 0 Å². The summed E-state index contributed by atoms with van der Waals surface area (Å²) in [6.07, 6.45) is 4.59. The van der Waals surface area contributed by atoms with Gasteiger partial charge in [-0.3, -0.25) is 9.80 Å². The van der Waals surface area contributed by atoms with Crippen molar-refractivity contribution in [3.63, 3.8) is 0 Å². The van der Waals surface area contributed by atoms with Gasteiger partial charge in [0.05, 0.1) is 12.0 Å². The van der Waals surface area contributed by atoms with E-state index in [2.05, 4.69) is 57.9 Å². The summed E-state index contributed by atoms with van der Waals surface area (Å²) >= 11 is 0. The van der Waals surface area contributed by atoms with Crippen LogP contribution in [0.4, 0.5) is 0 Å². The maximum Gasteiger partial charge on any atom is 0.0925 e. The van der Waals surface area contributed by atoms with Gasteiger partial charge < -0.3 is 4.98 Å². The molecule has 3 atom stereocenters. The van der Waals surface area contributed by atoms with Gasteiger partial charge in [-0.15, -0.1) is 0 Å². The number of benzene rings is 1. The Morgan fingerprint density at radius 2 is 1.84 bits per heavy atom. The van der Waals surface area contributed by atoms with Gasteiger partial charge in [0.2, 0.25) is 0 Å². The molecule has 0 spiro atoms. The third kappa shape index (κ3) is 2.54. The molecule has 5 heterocycles. The van der Waals surface area contributed by atoms with Crippen molar-refractivity contribution >= 4 is 0 Å². The molecule has 4 nitrogen and oxygen atoms in total. The fourth-order valence-corrected chi connectivity index (χ4v) is 5.57. The maximum absolute atomic E-state index is 4.58. The highest BCUT2D eigenvalue weighted by Gasteiger charge is 2.53. The van der Waals surface area contributed by atoms with Crippen molar-refractivity contribution in [2.45, 2.75) is 51.2 Å². The number of aryl methyl sites for hydroxylation is 2. The summed E-state index contributed by atoms with van der Waals surface area (Å²) in [6.45, 7) is 9.07. The summed E-state index contributed by atoms with van der Waals surface area (Å²) < 4.78 is 0. The van der Waals surface area contributed by atoms with Gasteiger partial charge in [0.15, 0.2) is 0 Å². The van der Waals surface area contributed by atoms with Crippen LogP contribution in [0.1, 0.15) is 41.3 Å². The highest BCUT2D eigenvalue weighted by atomic mass is 15.3. The van der Waals surface area contributed by atoms with Crippen LogP contribution in [0.5, 0.6) is 0 Å². The van der Waals surface area contributed by atoms with Gasteiger partial charge in [-0.25, -0.2) is 4.98 Å². The minimum atomic E-state index is 0.632. The van der Waals surface area contributed by atoms with Gasteiger partial charge in [-0.1, -0.05) is 29.8 Å². The number of H-pyrrole nitrogens is 1. The highest BCUT2D eigenvalue weighted by molar-refractivity contribution is 5.30. The van der Waals surface area contributed by atoms with Crippen molar-refractivity contribution in [1.29, 1.82) is 0 Å². The Balaban J connectivity index is 1.48. The summed E-state index contributed by atoms with van der Waals surface area (Å²) in [6, 6.07) is 10.7. The van der Waals surface area contributed by atoms with E-state index in [0.29, 0.717) is 18.0 Å². The lowest BCUT2D eigenvalue weighted by molar-refractivity contribution is -0.00899. The van der Waals surface area contributed by atoms with E-state index in [-0.39, 0.29) is 0 Å². The Morgan fingerprint density at radius 3 is 2.52 bits per heavy atom. The number of hydrogen-bond acceptors (Lipinski definition) is 3. The van der Waals surface area contributed by atoms with Gasteiger partial charge in [-0.05, 0) is 51.3 Å². The van der Waals surface area contributed by atoms with Crippen molar-refractivity contribution < 1.29 is 0 Å². The number of imidazole rings is 1. The first-order valence-corrected chi connectivity index (χ1v) is 9.74. The van der Waals surface area contributed by atoms with Crippen LogP contribution >= 0.6 is 0 Å². The number of likely N-dealkylation sites (tertiary alicyclic amines) is 1. The second-order valence-electron chi connectivity index (χ2n) is 8.28. The lowest BCUT2D eigenvalue weighted by Gasteiger charge is -2.51. The van der Waals surface area contributed by atoms with Gasteiger partial charge in [0, 0.05) is 36.8 Å². The van der Waals surface area contributed by atoms with Gasteiger partial charge in [0.25, 0.3) is 0 Å². The molecule has 0 unspecified atom stereocenters. The molecule has 2 bridgehead atoms. The molecule has 25 heavy (non-hydrogen) atoms. The molecule has 0 radical (unpaired) electrons. The Morgan fingerprint density at radius 1 is 1.08 bits per heavy atom. The van der Waals surface area contributed by atoms with Crippen LogP contribution in [0.15, 0.2) is 30.6 Å². The average molecular weight is 336 g/mol. The molecule has 132 valence electrons. The summed E-state index contributed by atoms with van der Waals surface area (Å²) in [7, 11) is 0. The molecule has 4 aliphatic heterocycles. The monoisotopic (exact) mass is 336 g/mol. The van der Waals surface area contributed by atoms with Crippen LogP contribution in [0.2, 0.25) is 0 Å². The third-order valence-corrected chi connectivity index (χ3v) is 6.89. The highest BCUT2D eigenvalue weighted by Crippen LogP contribution is 2.46. The van der Waals surface area contributed by atoms with E-state index >= 15 is 0 Å². The first kappa shape index (κ1) is 15.6. The number of piperidine rings is 3. The summed E-state index contributed by atoms with van der Waals surface area (Å²) in [4.78, 5) is 13.4. The summed E-state index contributed by atoms with van der Waals surface area (Å²) in [5.74, 6) is 1.50. The molecule has 0 amide bonds. The number of nitrogens with zero attached hydrogens (tertiary/aromatic N) is 3. The number of nitrogens with one attached hydrogen (secondary N) is 1. The van der Waals surface area contributed by atoms with Crippen molar-refractivity contribution in [2.75, 3.05) is 19.6 Å². The molecule has 2 aromatic rings. The Kier molecular flexibility index (Phi) is 3.72. The minimum absolute atomic E-state index is 0.632. The van der Waals surface area contributed by atoms with E-state index in [0.717, 1.165) is 19.0 Å². The van der Waals surface area contributed by atoms with Gasteiger partial charge in [-0.2, -0.15) is 0 Å². The molecule has 0 aliphatic carbocycles. The molecule has 1 aromatic carbocycles. The molecule has 4 fully saturated rings. The number of hydrogen-bond donors (Lipinski definition) is 1. The third-order valence-electron chi connectivity index (χ3n) is 6.89. The second-order valence-corrected chi connectivity index (χ2v) is 8.28. The number of rotatable bonds is 3. The zero-order valence-corrected chi connectivity index (χ0v) is 15.3. The van der Waals surface area contributed by atoms with E-state index in [1.807, 2.05) is 6.33 Å². The Hall–Kier alpha value is -1.65. The van der Waals surface area contributed by atoms with E-state index in [1.54, 1.807) is 0 Å². The van der Waals surface area contributed by atoms with Crippen LogP contribution in [-0.2, 0) is 6.54 Å². The zero-order chi connectivity index (χ0) is 17.0. The molecule has 0 saturated carbocycles. The predicted molar refractivity (Wildman–Crippen MR) is 99.5 cm³/mol. The van der Waals surface area contributed by atoms with Crippen LogP contribution in [0.3, 0.4) is 0 Å². The Bertz CT molecular complexity index is 742.